The Hall–Kier alpha value is -8.72. The first-order valence-corrected chi connectivity index (χ1v) is 23.6. The molecule has 2 aliphatic rings. The van der Waals surface area contributed by atoms with Crippen LogP contribution in [0, 0.1) is 0 Å². The molecule has 2 nitrogen and oxygen atoms in total. The lowest BCUT2D eigenvalue weighted by Crippen LogP contribution is -2.28. The van der Waals surface area contributed by atoms with E-state index in [0.717, 1.165) is 5.69 Å². The Morgan fingerprint density at radius 1 is 0.279 bits per heavy atom. The number of nitrogens with zero attached hydrogens (tertiary/aromatic N) is 2. The van der Waals surface area contributed by atoms with E-state index in [9.17, 15) is 0 Å². The van der Waals surface area contributed by atoms with Crippen LogP contribution in [0.1, 0.15) is 11.5 Å². The standard InChI is InChI=1S/C66H46N2/c1-3-14-45(15-4-1)50-18-11-20-52(40-50)53-21-12-19-51(41-53)49-30-28-47(29-31-49)48-32-36-57(37-33-48)67-63-26-9-7-24-59(63)61-43-55(34-38-65(61)67)56-35-39-66-62(44-56)60-25-8-10-27-64(60)68(66)58-23-13-22-54(42-58)46-16-5-2-6-17-46/h1-44,59,63H. The zero-order valence-corrected chi connectivity index (χ0v) is 37.5. The lowest BCUT2D eigenvalue weighted by molar-refractivity contribution is 0.745. The van der Waals surface area contributed by atoms with E-state index in [1.165, 1.54) is 106 Å². The highest BCUT2D eigenvalue weighted by molar-refractivity contribution is 6.10. The molecule has 1 aliphatic carbocycles. The summed E-state index contributed by atoms with van der Waals surface area (Å²) in [5.74, 6) is 0.260. The molecule has 2 heterocycles. The van der Waals surface area contributed by atoms with E-state index in [0.29, 0.717) is 0 Å². The Balaban J connectivity index is 0.782. The third kappa shape index (κ3) is 6.98. The van der Waals surface area contributed by atoms with Gasteiger partial charge in [-0.25, -0.2) is 0 Å². The molecule has 0 fully saturated rings. The van der Waals surface area contributed by atoms with Crippen molar-refractivity contribution in [1.29, 1.82) is 0 Å². The first-order chi connectivity index (χ1) is 33.7. The van der Waals surface area contributed by atoms with Crippen LogP contribution in [0.5, 0.6) is 0 Å². The molecule has 0 bridgehead atoms. The van der Waals surface area contributed by atoms with Gasteiger partial charge < -0.3 is 9.47 Å². The number of anilines is 2. The van der Waals surface area contributed by atoms with Crippen molar-refractivity contribution >= 4 is 33.2 Å². The van der Waals surface area contributed by atoms with Crippen molar-refractivity contribution in [3.63, 3.8) is 0 Å². The number of rotatable bonds is 8. The number of para-hydroxylation sites is 1. The molecule has 0 saturated carbocycles. The molecule has 13 rings (SSSR count). The van der Waals surface area contributed by atoms with Crippen molar-refractivity contribution < 1.29 is 0 Å². The van der Waals surface area contributed by atoms with E-state index in [1.807, 2.05) is 0 Å². The van der Waals surface area contributed by atoms with Gasteiger partial charge in [0.1, 0.15) is 0 Å². The highest BCUT2D eigenvalue weighted by Gasteiger charge is 2.37. The minimum Gasteiger partial charge on any atom is -0.333 e. The Morgan fingerprint density at radius 3 is 1.41 bits per heavy atom. The molecule has 68 heavy (non-hydrogen) atoms. The van der Waals surface area contributed by atoms with Crippen LogP contribution in [0.25, 0.3) is 94.3 Å². The molecule has 0 amide bonds. The summed E-state index contributed by atoms with van der Waals surface area (Å²) in [5.41, 5.74) is 22.0. The fourth-order valence-corrected chi connectivity index (χ4v) is 10.8. The molecule has 11 aromatic rings. The number of hydrogen-bond acceptors (Lipinski definition) is 1. The van der Waals surface area contributed by atoms with Gasteiger partial charge in [-0.15, -0.1) is 0 Å². The van der Waals surface area contributed by atoms with Crippen molar-refractivity contribution in [3.05, 3.63) is 273 Å². The van der Waals surface area contributed by atoms with Gasteiger partial charge in [-0.1, -0.05) is 200 Å². The highest BCUT2D eigenvalue weighted by Crippen LogP contribution is 2.49. The van der Waals surface area contributed by atoms with Crippen LogP contribution in [-0.2, 0) is 0 Å². The second-order valence-corrected chi connectivity index (χ2v) is 18.1. The molecular formula is C66H46N2. The summed E-state index contributed by atoms with van der Waals surface area (Å²) in [6, 6.07) is 89.1. The second-order valence-electron chi connectivity index (χ2n) is 18.1. The van der Waals surface area contributed by atoms with Gasteiger partial charge in [-0.3, -0.25) is 0 Å². The maximum atomic E-state index is 2.53. The number of benzene rings is 10. The van der Waals surface area contributed by atoms with Crippen LogP contribution in [0.4, 0.5) is 11.4 Å². The average Bonchev–Trinajstić information content (AvgIpc) is 3.94. The van der Waals surface area contributed by atoms with Crippen LogP contribution >= 0.6 is 0 Å². The summed E-state index contributed by atoms with van der Waals surface area (Å²) >= 11 is 0. The fourth-order valence-electron chi connectivity index (χ4n) is 10.8. The molecule has 2 heteroatoms. The van der Waals surface area contributed by atoms with E-state index >= 15 is 0 Å². The molecule has 0 N–H and O–H groups in total. The van der Waals surface area contributed by atoms with Crippen LogP contribution in [-0.4, -0.2) is 10.6 Å². The van der Waals surface area contributed by atoms with E-state index in [2.05, 4.69) is 276 Å². The first kappa shape index (κ1) is 39.6. The third-order valence-electron chi connectivity index (χ3n) is 14.1. The number of aromatic nitrogens is 1. The number of fused-ring (bicyclic) bond motifs is 6. The quantitative estimate of drug-likeness (QED) is 0.148. The number of allylic oxidation sites excluding steroid dienone is 2. The molecule has 320 valence electrons. The predicted octanol–water partition coefficient (Wildman–Crippen LogP) is 17.5. The van der Waals surface area contributed by atoms with Crippen LogP contribution in [0.15, 0.2) is 267 Å². The summed E-state index contributed by atoms with van der Waals surface area (Å²) in [7, 11) is 0. The lowest BCUT2D eigenvalue weighted by Gasteiger charge is -2.28. The van der Waals surface area contributed by atoms with Crippen molar-refractivity contribution in [2.75, 3.05) is 4.90 Å². The molecule has 2 atom stereocenters. The molecule has 2 unspecified atom stereocenters. The topological polar surface area (TPSA) is 8.17 Å². The van der Waals surface area contributed by atoms with Crippen molar-refractivity contribution in [1.82, 2.24) is 4.57 Å². The zero-order valence-electron chi connectivity index (χ0n) is 37.5. The monoisotopic (exact) mass is 866 g/mol. The van der Waals surface area contributed by atoms with Crippen LogP contribution in [0.3, 0.4) is 0 Å². The van der Waals surface area contributed by atoms with E-state index < -0.39 is 0 Å². The van der Waals surface area contributed by atoms with Gasteiger partial charge in [0, 0.05) is 33.8 Å². The summed E-state index contributed by atoms with van der Waals surface area (Å²) in [6.07, 6.45) is 9.15. The molecule has 0 saturated heterocycles. The Labute approximate surface area is 397 Å². The Kier molecular flexibility index (Phi) is 9.68. The normalized spacial score (nSPS) is 14.9. The largest absolute Gasteiger partial charge is 0.333 e. The summed E-state index contributed by atoms with van der Waals surface area (Å²) in [6.45, 7) is 0. The smallest absolute Gasteiger partial charge is 0.0629 e. The van der Waals surface area contributed by atoms with Crippen molar-refractivity contribution in [2.24, 2.45) is 0 Å². The van der Waals surface area contributed by atoms with Crippen molar-refractivity contribution in [2.45, 2.75) is 12.0 Å². The third-order valence-corrected chi connectivity index (χ3v) is 14.1. The van der Waals surface area contributed by atoms with Crippen LogP contribution < -0.4 is 4.90 Å². The van der Waals surface area contributed by atoms with E-state index in [1.54, 1.807) is 0 Å². The average molecular weight is 867 g/mol. The maximum absolute atomic E-state index is 2.53. The summed E-state index contributed by atoms with van der Waals surface area (Å²) < 4.78 is 2.42. The Morgan fingerprint density at radius 2 is 0.735 bits per heavy atom. The van der Waals surface area contributed by atoms with Gasteiger partial charge in [-0.05, 0) is 139 Å². The van der Waals surface area contributed by atoms with Gasteiger partial charge >= 0.3 is 0 Å². The lowest BCUT2D eigenvalue weighted by atomic mass is 9.89. The molecule has 0 spiro atoms. The molecule has 10 aromatic carbocycles. The summed E-state index contributed by atoms with van der Waals surface area (Å²) in [4.78, 5) is 2.53. The SMILES string of the molecule is C1=CC2c3cc(-c4ccc5c(c4)c4ccccc4n5-c4cccc(-c5ccccc5)c4)ccc3N(c3ccc(-c4ccc(-c5cccc(-c6cccc(-c7ccccc7)c6)c5)cc4)cc3)C2C=C1. The van der Waals surface area contributed by atoms with E-state index in [4.69, 9.17) is 0 Å². The first-order valence-electron chi connectivity index (χ1n) is 23.6. The van der Waals surface area contributed by atoms with Gasteiger partial charge in [0.05, 0.1) is 17.1 Å². The maximum Gasteiger partial charge on any atom is 0.0629 e. The molecule has 1 aromatic heterocycles. The fraction of sp³-hybridized carbons (Fsp3) is 0.0303. The van der Waals surface area contributed by atoms with Gasteiger partial charge in [-0.2, -0.15) is 0 Å². The summed E-state index contributed by atoms with van der Waals surface area (Å²) in [5, 5.41) is 2.52. The molecule has 1 aliphatic heterocycles. The number of hydrogen-bond donors (Lipinski definition) is 0. The minimum absolute atomic E-state index is 0.207. The predicted molar refractivity (Wildman–Crippen MR) is 287 cm³/mol. The zero-order chi connectivity index (χ0) is 45.0. The minimum atomic E-state index is 0.207. The second kappa shape index (κ2) is 16.6. The van der Waals surface area contributed by atoms with E-state index in [-0.39, 0.29) is 12.0 Å². The van der Waals surface area contributed by atoms with Gasteiger partial charge in [0.2, 0.25) is 0 Å². The van der Waals surface area contributed by atoms with Gasteiger partial charge in [0.25, 0.3) is 0 Å². The van der Waals surface area contributed by atoms with Crippen LogP contribution in [0.2, 0.25) is 0 Å². The van der Waals surface area contributed by atoms with Crippen molar-refractivity contribution in [3.8, 4) is 72.4 Å². The Bertz CT molecular complexity index is 3730. The molecular weight excluding hydrogens is 821 g/mol. The van der Waals surface area contributed by atoms with Gasteiger partial charge in [0.15, 0.2) is 0 Å². The highest BCUT2D eigenvalue weighted by atomic mass is 15.2. The molecule has 0 radical (unpaired) electrons.